The van der Waals surface area contributed by atoms with Crippen molar-refractivity contribution < 1.29 is 9.53 Å². The zero-order valence-electron chi connectivity index (χ0n) is 16.6. The molecule has 0 saturated carbocycles. The molecule has 7 nitrogen and oxygen atoms in total. The van der Waals surface area contributed by atoms with E-state index in [1.165, 1.54) is 4.68 Å². The van der Waals surface area contributed by atoms with E-state index >= 15 is 0 Å². The Balaban J connectivity index is 1.82. The highest BCUT2D eigenvalue weighted by molar-refractivity contribution is 6.04. The summed E-state index contributed by atoms with van der Waals surface area (Å²) in [5.41, 5.74) is 3.31. The lowest BCUT2D eigenvalue weighted by Gasteiger charge is -2.09. The van der Waals surface area contributed by atoms with E-state index in [1.807, 2.05) is 38.1 Å². The standard InChI is InChI=1S/C22H24N4O3/c1-3-5-14-26-22(28)19-9-7-6-8-18(19)20(25-26)21(27)24-23-15-16-10-12-17(13-11-16)29-4-2/h6-13,15H,3-5,14H2,1-2H3,(H,24,27)/b23-15-. The van der Waals surface area contributed by atoms with Crippen molar-refractivity contribution in [2.24, 2.45) is 5.10 Å². The first kappa shape index (κ1) is 20.3. The van der Waals surface area contributed by atoms with Crippen LogP contribution >= 0.6 is 0 Å². The Bertz CT molecular complexity index is 1070. The van der Waals surface area contributed by atoms with Crippen molar-refractivity contribution >= 4 is 22.9 Å². The molecule has 0 aliphatic heterocycles. The molecule has 0 radical (unpaired) electrons. The number of benzene rings is 2. The highest BCUT2D eigenvalue weighted by Gasteiger charge is 2.16. The van der Waals surface area contributed by atoms with E-state index in [-0.39, 0.29) is 11.3 Å². The molecule has 150 valence electrons. The molecule has 29 heavy (non-hydrogen) atoms. The lowest BCUT2D eigenvalue weighted by molar-refractivity contribution is 0.0949. The third kappa shape index (κ3) is 4.87. The van der Waals surface area contributed by atoms with Crippen LogP contribution in [0, 0.1) is 0 Å². The minimum Gasteiger partial charge on any atom is -0.494 e. The summed E-state index contributed by atoms with van der Waals surface area (Å²) < 4.78 is 6.76. The summed E-state index contributed by atoms with van der Waals surface area (Å²) in [4.78, 5) is 25.3. The highest BCUT2D eigenvalue weighted by atomic mass is 16.5. The first-order chi connectivity index (χ1) is 14.1. The summed E-state index contributed by atoms with van der Waals surface area (Å²) in [6.45, 7) is 5.03. The molecular formula is C22H24N4O3. The summed E-state index contributed by atoms with van der Waals surface area (Å²) in [6.07, 6.45) is 3.28. The van der Waals surface area contributed by atoms with E-state index in [0.29, 0.717) is 23.9 Å². The van der Waals surface area contributed by atoms with E-state index < -0.39 is 5.91 Å². The first-order valence-electron chi connectivity index (χ1n) is 9.70. The zero-order valence-corrected chi connectivity index (χ0v) is 16.6. The average molecular weight is 392 g/mol. The molecule has 0 fully saturated rings. The largest absolute Gasteiger partial charge is 0.494 e. The van der Waals surface area contributed by atoms with Gasteiger partial charge in [0.05, 0.1) is 18.2 Å². The number of aromatic nitrogens is 2. The zero-order chi connectivity index (χ0) is 20.6. The SMILES string of the molecule is CCCCn1nc(C(=O)N/N=C\c2ccc(OCC)cc2)c2ccccc2c1=O. The van der Waals surface area contributed by atoms with Gasteiger partial charge in [-0.15, -0.1) is 0 Å². The second kappa shape index (κ2) is 9.64. The van der Waals surface area contributed by atoms with Crippen molar-refractivity contribution in [1.29, 1.82) is 0 Å². The quantitative estimate of drug-likeness (QED) is 0.470. The number of nitrogens with one attached hydrogen (secondary N) is 1. The van der Waals surface area contributed by atoms with Crippen molar-refractivity contribution in [1.82, 2.24) is 15.2 Å². The van der Waals surface area contributed by atoms with Crippen LogP contribution in [0.4, 0.5) is 0 Å². The lowest BCUT2D eigenvalue weighted by Crippen LogP contribution is -2.29. The van der Waals surface area contributed by atoms with E-state index in [1.54, 1.807) is 30.5 Å². The summed E-state index contributed by atoms with van der Waals surface area (Å²) >= 11 is 0. The van der Waals surface area contributed by atoms with E-state index in [0.717, 1.165) is 24.2 Å². The number of ether oxygens (including phenoxy) is 1. The molecule has 0 atom stereocenters. The number of rotatable bonds is 8. The van der Waals surface area contributed by atoms with Crippen LogP contribution in [0.5, 0.6) is 5.75 Å². The van der Waals surface area contributed by atoms with Gasteiger partial charge in [-0.25, -0.2) is 10.1 Å². The van der Waals surface area contributed by atoms with Crippen LogP contribution < -0.4 is 15.7 Å². The number of carbonyl (C=O) groups is 1. The molecule has 0 aliphatic carbocycles. The van der Waals surface area contributed by atoms with Crippen molar-refractivity contribution in [2.45, 2.75) is 33.2 Å². The number of fused-ring (bicyclic) bond motifs is 1. The second-order valence-corrected chi connectivity index (χ2v) is 6.48. The molecule has 0 unspecified atom stereocenters. The van der Waals surface area contributed by atoms with Crippen LogP contribution in [0.25, 0.3) is 10.8 Å². The minimum absolute atomic E-state index is 0.181. The van der Waals surface area contributed by atoms with Gasteiger partial charge in [0.25, 0.3) is 11.5 Å². The average Bonchev–Trinajstić information content (AvgIpc) is 2.75. The monoisotopic (exact) mass is 392 g/mol. The molecule has 7 heteroatoms. The van der Waals surface area contributed by atoms with Gasteiger partial charge in [-0.05, 0) is 49.2 Å². The highest BCUT2D eigenvalue weighted by Crippen LogP contribution is 2.14. The molecule has 1 amide bonds. The number of amides is 1. The fraction of sp³-hybridized carbons (Fsp3) is 0.273. The summed E-state index contributed by atoms with van der Waals surface area (Å²) in [7, 11) is 0. The number of hydrazone groups is 1. The maximum absolute atomic E-state index is 12.7. The molecule has 3 aromatic rings. The van der Waals surface area contributed by atoms with Crippen molar-refractivity contribution in [3.63, 3.8) is 0 Å². The Hall–Kier alpha value is -3.48. The Labute approximate surface area is 169 Å². The minimum atomic E-state index is -0.464. The van der Waals surface area contributed by atoms with Gasteiger partial charge in [-0.1, -0.05) is 31.5 Å². The van der Waals surface area contributed by atoms with E-state index in [2.05, 4.69) is 15.6 Å². The maximum Gasteiger partial charge on any atom is 0.292 e. The molecule has 0 aliphatic rings. The Kier molecular flexibility index (Phi) is 6.73. The third-order valence-electron chi connectivity index (χ3n) is 4.38. The van der Waals surface area contributed by atoms with Crippen molar-refractivity contribution in [3.05, 3.63) is 70.1 Å². The van der Waals surface area contributed by atoms with Crippen LogP contribution in [-0.4, -0.2) is 28.5 Å². The fourth-order valence-corrected chi connectivity index (χ4v) is 2.90. The summed E-state index contributed by atoms with van der Waals surface area (Å²) in [5, 5.41) is 9.30. The fourth-order valence-electron chi connectivity index (χ4n) is 2.90. The van der Waals surface area contributed by atoms with Crippen LogP contribution in [0.1, 0.15) is 42.7 Å². The Morgan fingerprint density at radius 2 is 1.86 bits per heavy atom. The number of hydrogen-bond donors (Lipinski definition) is 1. The topological polar surface area (TPSA) is 85.6 Å². The summed E-state index contributed by atoms with van der Waals surface area (Å²) in [6, 6.07) is 14.4. The molecule has 0 bridgehead atoms. The lowest BCUT2D eigenvalue weighted by atomic mass is 10.1. The van der Waals surface area contributed by atoms with Gasteiger partial charge in [0.15, 0.2) is 5.69 Å². The normalized spacial score (nSPS) is 11.1. The number of hydrogen-bond acceptors (Lipinski definition) is 5. The predicted octanol–water partition coefficient (Wildman–Crippen LogP) is 3.36. The molecule has 1 heterocycles. The molecule has 1 aromatic heterocycles. The van der Waals surface area contributed by atoms with Gasteiger partial charge < -0.3 is 4.74 Å². The number of aryl methyl sites for hydroxylation is 1. The van der Waals surface area contributed by atoms with E-state index in [4.69, 9.17) is 4.74 Å². The molecular weight excluding hydrogens is 368 g/mol. The molecule has 2 aromatic carbocycles. The Morgan fingerprint density at radius 1 is 1.14 bits per heavy atom. The molecule has 3 rings (SSSR count). The molecule has 1 N–H and O–H groups in total. The molecule has 0 spiro atoms. The molecule has 0 saturated heterocycles. The number of carbonyl (C=O) groups excluding carboxylic acids is 1. The van der Waals surface area contributed by atoms with Gasteiger partial charge in [-0.2, -0.15) is 10.2 Å². The predicted molar refractivity (Wildman–Crippen MR) is 114 cm³/mol. The van der Waals surface area contributed by atoms with Gasteiger partial charge in [0, 0.05) is 11.9 Å². The van der Waals surface area contributed by atoms with Gasteiger partial charge in [0.2, 0.25) is 0 Å². The summed E-state index contributed by atoms with van der Waals surface area (Å²) in [5.74, 6) is 0.312. The van der Waals surface area contributed by atoms with Gasteiger partial charge in [0.1, 0.15) is 5.75 Å². The van der Waals surface area contributed by atoms with Crippen molar-refractivity contribution in [2.75, 3.05) is 6.61 Å². The van der Waals surface area contributed by atoms with Crippen LogP contribution in [0.15, 0.2) is 58.4 Å². The second-order valence-electron chi connectivity index (χ2n) is 6.48. The third-order valence-corrected chi connectivity index (χ3v) is 4.38. The first-order valence-corrected chi connectivity index (χ1v) is 9.70. The van der Waals surface area contributed by atoms with Gasteiger partial charge in [-0.3, -0.25) is 9.59 Å². The van der Waals surface area contributed by atoms with Gasteiger partial charge >= 0.3 is 0 Å². The van der Waals surface area contributed by atoms with E-state index in [9.17, 15) is 9.59 Å². The van der Waals surface area contributed by atoms with Crippen LogP contribution in [-0.2, 0) is 6.54 Å². The maximum atomic E-state index is 12.7. The van der Waals surface area contributed by atoms with Crippen LogP contribution in [0.2, 0.25) is 0 Å². The van der Waals surface area contributed by atoms with Crippen molar-refractivity contribution in [3.8, 4) is 5.75 Å². The number of nitrogens with zero attached hydrogens (tertiary/aromatic N) is 3. The smallest absolute Gasteiger partial charge is 0.292 e. The Morgan fingerprint density at radius 3 is 2.55 bits per heavy atom. The van der Waals surface area contributed by atoms with Crippen LogP contribution in [0.3, 0.4) is 0 Å². The number of unbranched alkanes of at least 4 members (excludes halogenated alkanes) is 1.